The summed E-state index contributed by atoms with van der Waals surface area (Å²) in [5.41, 5.74) is 3.88. The van der Waals surface area contributed by atoms with Crippen molar-refractivity contribution in [3.8, 4) is 11.4 Å². The standard InChI is InChI=1S/C32H37N3O/c1-22(29-16-8-12-24-9-5-6-15-30(24)29)33-28-14-7-13-27(21-28)23-17-19-25(20-18-23)31-34-32(36-35-31)26-10-3-2-4-11-26/h5-6,8-9,12,15-20,22,26-28,33H,2-4,7,10-11,13-14,21H2,1H3. The van der Waals surface area contributed by atoms with E-state index in [1.165, 1.54) is 79.7 Å². The fourth-order valence-corrected chi connectivity index (χ4v) is 6.49. The molecule has 6 rings (SSSR count). The number of hydrogen-bond acceptors (Lipinski definition) is 4. The number of benzene rings is 3. The first kappa shape index (κ1) is 23.4. The van der Waals surface area contributed by atoms with Crippen LogP contribution in [0.5, 0.6) is 0 Å². The van der Waals surface area contributed by atoms with E-state index in [2.05, 4.69) is 84.1 Å². The Kier molecular flexibility index (Phi) is 6.87. The fourth-order valence-electron chi connectivity index (χ4n) is 6.49. The van der Waals surface area contributed by atoms with Gasteiger partial charge in [0, 0.05) is 23.6 Å². The molecule has 36 heavy (non-hydrogen) atoms. The normalized spacial score (nSPS) is 22.0. The van der Waals surface area contributed by atoms with E-state index in [1.807, 2.05) is 0 Å². The molecule has 1 N–H and O–H groups in total. The minimum absolute atomic E-state index is 0.332. The average Bonchev–Trinajstić information content (AvgIpc) is 3.44. The maximum atomic E-state index is 5.65. The number of fused-ring (bicyclic) bond motifs is 1. The zero-order chi connectivity index (χ0) is 24.3. The molecule has 1 aromatic heterocycles. The van der Waals surface area contributed by atoms with Crippen molar-refractivity contribution in [2.75, 3.05) is 0 Å². The van der Waals surface area contributed by atoms with Gasteiger partial charge in [-0.25, -0.2) is 0 Å². The lowest BCUT2D eigenvalue weighted by molar-refractivity contribution is 0.314. The molecule has 0 amide bonds. The van der Waals surface area contributed by atoms with Gasteiger partial charge in [-0.3, -0.25) is 0 Å². The van der Waals surface area contributed by atoms with Crippen LogP contribution in [0.2, 0.25) is 0 Å². The van der Waals surface area contributed by atoms with Gasteiger partial charge in [0.2, 0.25) is 11.7 Å². The molecule has 4 aromatic rings. The zero-order valence-corrected chi connectivity index (χ0v) is 21.3. The van der Waals surface area contributed by atoms with Crippen molar-refractivity contribution in [1.82, 2.24) is 15.5 Å². The Morgan fingerprint density at radius 2 is 1.58 bits per heavy atom. The summed E-state index contributed by atoms with van der Waals surface area (Å²) in [6.07, 6.45) is 11.2. The Labute approximate surface area is 214 Å². The third-order valence-electron chi connectivity index (χ3n) is 8.49. The molecule has 0 bridgehead atoms. The summed E-state index contributed by atoms with van der Waals surface area (Å²) in [5, 5.41) is 10.9. The number of aromatic nitrogens is 2. The Hall–Kier alpha value is -2.98. The molecule has 4 heteroatoms. The number of nitrogens with zero attached hydrogens (tertiary/aromatic N) is 2. The fraction of sp³-hybridized carbons (Fsp3) is 0.438. The molecule has 4 nitrogen and oxygen atoms in total. The molecule has 3 unspecified atom stereocenters. The minimum atomic E-state index is 0.332. The van der Waals surface area contributed by atoms with Crippen LogP contribution < -0.4 is 5.32 Å². The largest absolute Gasteiger partial charge is 0.339 e. The Bertz CT molecular complexity index is 1280. The highest BCUT2D eigenvalue weighted by molar-refractivity contribution is 5.86. The summed E-state index contributed by atoms with van der Waals surface area (Å²) < 4.78 is 5.65. The molecule has 0 spiro atoms. The lowest BCUT2D eigenvalue weighted by Crippen LogP contribution is -2.35. The van der Waals surface area contributed by atoms with Gasteiger partial charge in [0.05, 0.1) is 0 Å². The second-order valence-electron chi connectivity index (χ2n) is 10.9. The molecule has 186 valence electrons. The Balaban J connectivity index is 1.11. The summed E-state index contributed by atoms with van der Waals surface area (Å²) in [6.45, 7) is 2.31. The monoisotopic (exact) mass is 479 g/mol. The van der Waals surface area contributed by atoms with Gasteiger partial charge in [-0.15, -0.1) is 0 Å². The van der Waals surface area contributed by atoms with Crippen LogP contribution >= 0.6 is 0 Å². The van der Waals surface area contributed by atoms with Gasteiger partial charge in [0.25, 0.3) is 0 Å². The van der Waals surface area contributed by atoms with Crippen LogP contribution in [0.25, 0.3) is 22.2 Å². The van der Waals surface area contributed by atoms with Crippen LogP contribution in [-0.4, -0.2) is 16.2 Å². The second-order valence-corrected chi connectivity index (χ2v) is 10.9. The molecule has 3 aromatic carbocycles. The smallest absolute Gasteiger partial charge is 0.230 e. The number of hydrogen-bond donors (Lipinski definition) is 1. The van der Waals surface area contributed by atoms with Crippen LogP contribution in [0.15, 0.2) is 71.3 Å². The van der Waals surface area contributed by atoms with E-state index in [9.17, 15) is 0 Å². The third kappa shape index (κ3) is 4.97. The maximum absolute atomic E-state index is 5.65. The zero-order valence-electron chi connectivity index (χ0n) is 21.3. The quantitative estimate of drug-likeness (QED) is 0.302. The molecule has 1 heterocycles. The van der Waals surface area contributed by atoms with Crippen LogP contribution in [0.1, 0.15) is 99.6 Å². The molecule has 0 radical (unpaired) electrons. The highest BCUT2D eigenvalue weighted by atomic mass is 16.5. The van der Waals surface area contributed by atoms with Crippen molar-refractivity contribution < 1.29 is 4.52 Å². The first-order chi connectivity index (χ1) is 17.7. The highest BCUT2D eigenvalue weighted by Gasteiger charge is 2.26. The van der Waals surface area contributed by atoms with Gasteiger partial charge >= 0.3 is 0 Å². The van der Waals surface area contributed by atoms with Crippen LogP contribution in [0.4, 0.5) is 0 Å². The topological polar surface area (TPSA) is 51.0 Å². The summed E-state index contributed by atoms with van der Waals surface area (Å²) in [6, 6.07) is 25.2. The molecule has 3 atom stereocenters. The first-order valence-corrected chi connectivity index (χ1v) is 13.9. The highest BCUT2D eigenvalue weighted by Crippen LogP contribution is 2.36. The van der Waals surface area contributed by atoms with Crippen molar-refractivity contribution in [2.24, 2.45) is 0 Å². The molecule has 0 saturated heterocycles. The number of nitrogens with one attached hydrogen (secondary N) is 1. The van der Waals surface area contributed by atoms with Crippen molar-refractivity contribution >= 4 is 10.8 Å². The van der Waals surface area contributed by atoms with E-state index < -0.39 is 0 Å². The summed E-state index contributed by atoms with van der Waals surface area (Å²) in [5.74, 6) is 2.60. The van der Waals surface area contributed by atoms with E-state index in [-0.39, 0.29) is 0 Å². The molecule has 2 aliphatic rings. The van der Waals surface area contributed by atoms with Crippen molar-refractivity contribution in [3.63, 3.8) is 0 Å². The van der Waals surface area contributed by atoms with E-state index in [0.29, 0.717) is 23.9 Å². The molecule has 2 fully saturated rings. The van der Waals surface area contributed by atoms with Gasteiger partial charge in [0.1, 0.15) is 0 Å². The molecule has 2 saturated carbocycles. The van der Waals surface area contributed by atoms with Crippen molar-refractivity contribution in [3.05, 3.63) is 83.7 Å². The lowest BCUT2D eigenvalue weighted by Gasteiger charge is -2.32. The molecule has 0 aliphatic heterocycles. The van der Waals surface area contributed by atoms with E-state index >= 15 is 0 Å². The summed E-state index contributed by atoms with van der Waals surface area (Å²) in [4.78, 5) is 4.75. The minimum Gasteiger partial charge on any atom is -0.339 e. The van der Waals surface area contributed by atoms with Gasteiger partial charge in [-0.2, -0.15) is 4.98 Å². The van der Waals surface area contributed by atoms with Crippen LogP contribution in [0.3, 0.4) is 0 Å². The summed E-state index contributed by atoms with van der Waals surface area (Å²) in [7, 11) is 0. The second kappa shape index (κ2) is 10.6. The van der Waals surface area contributed by atoms with Crippen molar-refractivity contribution in [2.45, 2.75) is 88.6 Å². The van der Waals surface area contributed by atoms with Crippen molar-refractivity contribution in [1.29, 1.82) is 0 Å². The van der Waals surface area contributed by atoms with Gasteiger partial charge < -0.3 is 9.84 Å². The van der Waals surface area contributed by atoms with Crippen LogP contribution in [-0.2, 0) is 0 Å². The lowest BCUT2D eigenvalue weighted by atomic mass is 9.80. The summed E-state index contributed by atoms with van der Waals surface area (Å²) >= 11 is 0. The van der Waals surface area contributed by atoms with Gasteiger partial charge in [-0.1, -0.05) is 97.6 Å². The third-order valence-corrected chi connectivity index (χ3v) is 8.49. The number of rotatable bonds is 6. The Morgan fingerprint density at radius 3 is 2.44 bits per heavy atom. The molecule has 2 aliphatic carbocycles. The van der Waals surface area contributed by atoms with Crippen LogP contribution in [0, 0.1) is 0 Å². The molecular weight excluding hydrogens is 442 g/mol. The first-order valence-electron chi connectivity index (χ1n) is 13.9. The van der Waals surface area contributed by atoms with E-state index in [0.717, 1.165) is 17.3 Å². The predicted octanol–water partition coefficient (Wildman–Crippen LogP) is 8.31. The average molecular weight is 480 g/mol. The van der Waals surface area contributed by atoms with Gasteiger partial charge in [-0.05, 0) is 66.8 Å². The Morgan fingerprint density at radius 1 is 0.806 bits per heavy atom. The predicted molar refractivity (Wildman–Crippen MR) is 146 cm³/mol. The van der Waals surface area contributed by atoms with Gasteiger partial charge in [0.15, 0.2) is 0 Å². The maximum Gasteiger partial charge on any atom is 0.230 e. The van der Waals surface area contributed by atoms with E-state index in [4.69, 9.17) is 9.51 Å². The SMILES string of the molecule is CC(NC1CCCC(c2ccc(-c3noc(C4CCCCC4)n3)cc2)C1)c1cccc2ccccc12. The molecular formula is C32H37N3O. The van der Waals surface area contributed by atoms with E-state index in [1.54, 1.807) is 0 Å².